The van der Waals surface area contributed by atoms with E-state index in [1.54, 1.807) is 0 Å². The summed E-state index contributed by atoms with van der Waals surface area (Å²) in [6.45, 7) is 0.251. The fourth-order valence-electron chi connectivity index (χ4n) is 3.43. The fraction of sp³-hybridized carbons (Fsp3) is 0.867. The van der Waals surface area contributed by atoms with E-state index in [9.17, 15) is 14.7 Å². The first kappa shape index (κ1) is 15.1. The van der Waals surface area contributed by atoms with Gasteiger partial charge in [-0.1, -0.05) is 38.5 Å². The first-order valence-corrected chi connectivity index (χ1v) is 7.90. The van der Waals surface area contributed by atoms with Gasteiger partial charge in [0.05, 0.1) is 5.41 Å². The number of hydrogen-bond acceptors (Lipinski definition) is 2. The molecule has 0 aliphatic heterocycles. The van der Waals surface area contributed by atoms with Crippen molar-refractivity contribution in [1.82, 2.24) is 10.6 Å². The Morgan fingerprint density at radius 1 is 1.00 bits per heavy atom. The number of amides is 2. The van der Waals surface area contributed by atoms with Crippen molar-refractivity contribution in [2.75, 3.05) is 6.54 Å². The third kappa shape index (κ3) is 3.87. The summed E-state index contributed by atoms with van der Waals surface area (Å²) in [6, 6.07) is 0.0475. The lowest BCUT2D eigenvalue weighted by atomic mass is 9.86. The Kier molecular flexibility index (Phi) is 5.26. The van der Waals surface area contributed by atoms with E-state index >= 15 is 0 Å². The molecule has 5 nitrogen and oxygen atoms in total. The molecule has 0 spiro atoms. The Morgan fingerprint density at radius 3 is 2.15 bits per heavy atom. The molecule has 2 saturated carbocycles. The zero-order chi connectivity index (χ0) is 14.4. The average molecular weight is 282 g/mol. The van der Waals surface area contributed by atoms with E-state index in [4.69, 9.17) is 0 Å². The van der Waals surface area contributed by atoms with Gasteiger partial charge in [-0.05, 0) is 25.7 Å². The Balaban J connectivity index is 1.77. The number of urea groups is 1. The Morgan fingerprint density at radius 2 is 1.60 bits per heavy atom. The first-order valence-electron chi connectivity index (χ1n) is 7.90. The number of carboxylic acids is 1. The number of carbonyl (C=O) groups excluding carboxylic acids is 1. The van der Waals surface area contributed by atoms with Gasteiger partial charge in [0.2, 0.25) is 0 Å². The van der Waals surface area contributed by atoms with Crippen LogP contribution in [0.3, 0.4) is 0 Å². The normalized spacial score (nSPS) is 23.0. The van der Waals surface area contributed by atoms with E-state index in [0.29, 0.717) is 12.8 Å². The standard InChI is InChI=1S/C15H26N2O3/c18-13(19)15(9-5-6-10-15)11-16-14(20)17-12-7-3-1-2-4-8-12/h12H,1-11H2,(H,18,19)(H2,16,17,20). The van der Waals surface area contributed by atoms with Crippen molar-refractivity contribution in [3.05, 3.63) is 0 Å². The van der Waals surface area contributed by atoms with Gasteiger partial charge in [-0.15, -0.1) is 0 Å². The van der Waals surface area contributed by atoms with Crippen LogP contribution in [-0.2, 0) is 4.79 Å². The molecule has 0 saturated heterocycles. The number of carboxylic acid groups (broad SMARTS) is 1. The minimum atomic E-state index is -0.773. The van der Waals surface area contributed by atoms with Crippen LogP contribution in [-0.4, -0.2) is 29.7 Å². The largest absolute Gasteiger partial charge is 0.481 e. The van der Waals surface area contributed by atoms with Gasteiger partial charge < -0.3 is 15.7 Å². The minimum Gasteiger partial charge on any atom is -0.481 e. The Labute approximate surface area is 120 Å². The summed E-state index contributed by atoms with van der Waals surface area (Å²) in [5, 5.41) is 15.1. The molecule has 0 radical (unpaired) electrons. The molecule has 0 atom stereocenters. The van der Waals surface area contributed by atoms with Crippen molar-refractivity contribution < 1.29 is 14.7 Å². The van der Waals surface area contributed by atoms with Crippen molar-refractivity contribution >= 4 is 12.0 Å². The van der Waals surface area contributed by atoms with E-state index in [-0.39, 0.29) is 18.6 Å². The van der Waals surface area contributed by atoms with Crippen LogP contribution in [0.15, 0.2) is 0 Å². The Bertz CT molecular complexity index is 343. The van der Waals surface area contributed by atoms with E-state index in [1.165, 1.54) is 25.7 Å². The average Bonchev–Trinajstić information content (AvgIpc) is 2.77. The SMILES string of the molecule is O=C(NCC1(C(=O)O)CCCC1)NC1CCCCCC1. The molecule has 0 unspecified atom stereocenters. The summed E-state index contributed by atoms with van der Waals surface area (Å²) in [4.78, 5) is 23.3. The van der Waals surface area contributed by atoms with Crippen molar-refractivity contribution in [2.45, 2.75) is 70.3 Å². The highest BCUT2D eigenvalue weighted by Gasteiger charge is 2.41. The lowest BCUT2D eigenvalue weighted by molar-refractivity contribution is -0.148. The molecule has 2 aliphatic rings. The molecule has 0 bridgehead atoms. The number of hydrogen-bond donors (Lipinski definition) is 3. The maximum atomic E-state index is 11.9. The fourth-order valence-corrected chi connectivity index (χ4v) is 3.43. The number of carbonyl (C=O) groups is 2. The third-order valence-corrected chi connectivity index (χ3v) is 4.79. The van der Waals surface area contributed by atoms with E-state index in [1.807, 2.05) is 0 Å². The van der Waals surface area contributed by atoms with Crippen molar-refractivity contribution in [1.29, 1.82) is 0 Å². The quantitative estimate of drug-likeness (QED) is 0.694. The van der Waals surface area contributed by atoms with Gasteiger partial charge in [0.25, 0.3) is 0 Å². The van der Waals surface area contributed by atoms with Gasteiger partial charge in [0.1, 0.15) is 0 Å². The van der Waals surface area contributed by atoms with E-state index < -0.39 is 11.4 Å². The van der Waals surface area contributed by atoms with Gasteiger partial charge in [-0.3, -0.25) is 4.79 Å². The summed E-state index contributed by atoms with van der Waals surface area (Å²) >= 11 is 0. The highest BCUT2D eigenvalue weighted by molar-refractivity contribution is 5.78. The van der Waals surface area contributed by atoms with Crippen molar-refractivity contribution in [3.8, 4) is 0 Å². The summed E-state index contributed by atoms with van der Waals surface area (Å²) in [5.74, 6) is -0.773. The second-order valence-electron chi connectivity index (χ2n) is 6.31. The molecule has 0 aromatic rings. The molecule has 114 valence electrons. The molecule has 20 heavy (non-hydrogen) atoms. The van der Waals surface area contributed by atoms with Crippen LogP contribution in [0.4, 0.5) is 4.79 Å². The molecule has 0 heterocycles. The number of aliphatic carboxylic acids is 1. The summed E-state index contributed by atoms with van der Waals surface area (Å²) in [5.41, 5.74) is -0.735. The Hall–Kier alpha value is -1.26. The molecule has 3 N–H and O–H groups in total. The highest BCUT2D eigenvalue weighted by Crippen LogP contribution is 2.37. The lowest BCUT2D eigenvalue weighted by Gasteiger charge is -2.25. The van der Waals surface area contributed by atoms with Crippen molar-refractivity contribution in [3.63, 3.8) is 0 Å². The van der Waals surface area contributed by atoms with Gasteiger partial charge in [0.15, 0.2) is 0 Å². The molecule has 2 rings (SSSR count). The van der Waals surface area contributed by atoms with Crippen LogP contribution in [0.5, 0.6) is 0 Å². The first-order chi connectivity index (χ1) is 9.62. The second-order valence-corrected chi connectivity index (χ2v) is 6.31. The lowest BCUT2D eigenvalue weighted by Crippen LogP contribution is -2.47. The summed E-state index contributed by atoms with van der Waals surface area (Å²) in [7, 11) is 0. The second kappa shape index (κ2) is 6.95. The predicted octanol–water partition coefficient (Wildman–Crippen LogP) is 2.65. The number of rotatable bonds is 4. The van der Waals surface area contributed by atoms with Gasteiger partial charge in [-0.2, -0.15) is 0 Å². The molecule has 2 aliphatic carbocycles. The van der Waals surface area contributed by atoms with Gasteiger partial charge in [-0.25, -0.2) is 4.79 Å². The highest BCUT2D eigenvalue weighted by atomic mass is 16.4. The maximum Gasteiger partial charge on any atom is 0.315 e. The van der Waals surface area contributed by atoms with Crippen LogP contribution in [0.2, 0.25) is 0 Å². The molecule has 2 fully saturated rings. The smallest absolute Gasteiger partial charge is 0.315 e. The zero-order valence-corrected chi connectivity index (χ0v) is 12.1. The molecular weight excluding hydrogens is 256 g/mol. The third-order valence-electron chi connectivity index (χ3n) is 4.79. The predicted molar refractivity (Wildman–Crippen MR) is 76.6 cm³/mol. The van der Waals surface area contributed by atoms with Crippen LogP contribution in [0.1, 0.15) is 64.2 Å². The van der Waals surface area contributed by atoms with Gasteiger partial charge in [0, 0.05) is 12.6 Å². The molecule has 0 aromatic carbocycles. The summed E-state index contributed by atoms with van der Waals surface area (Å²) < 4.78 is 0. The monoisotopic (exact) mass is 282 g/mol. The molecular formula is C15H26N2O3. The van der Waals surface area contributed by atoms with Gasteiger partial charge >= 0.3 is 12.0 Å². The van der Waals surface area contributed by atoms with Crippen molar-refractivity contribution in [2.24, 2.45) is 5.41 Å². The van der Waals surface area contributed by atoms with Crippen LogP contribution in [0, 0.1) is 5.41 Å². The minimum absolute atomic E-state index is 0.204. The van der Waals surface area contributed by atoms with Crippen LogP contribution < -0.4 is 10.6 Å². The van der Waals surface area contributed by atoms with E-state index in [2.05, 4.69) is 10.6 Å². The molecule has 0 aromatic heterocycles. The topological polar surface area (TPSA) is 78.4 Å². The van der Waals surface area contributed by atoms with Crippen LogP contribution in [0.25, 0.3) is 0 Å². The zero-order valence-electron chi connectivity index (χ0n) is 12.1. The van der Waals surface area contributed by atoms with E-state index in [0.717, 1.165) is 25.7 Å². The summed E-state index contributed by atoms with van der Waals surface area (Å²) in [6.07, 6.45) is 10.2. The number of nitrogens with one attached hydrogen (secondary N) is 2. The molecule has 5 heteroatoms. The molecule has 2 amide bonds. The maximum absolute atomic E-state index is 11.9. The van der Waals surface area contributed by atoms with Crippen LogP contribution >= 0.6 is 0 Å².